The van der Waals surface area contributed by atoms with E-state index >= 15 is 0 Å². The monoisotopic (exact) mass is 431 g/mol. The van der Waals surface area contributed by atoms with E-state index < -0.39 is 0 Å². The quantitative estimate of drug-likeness (QED) is 0.674. The standard InChI is InChI=1S/C26H26FN3O2/c27-19-12-10-17(11-13-19)15-20-16-22-23(8-1-2-9-24(31)29-22)30(20)26(32)21-7-3-5-18-6-4-14-28-25(18)21/h3-7,10-14,20,22-23H,1-2,8-9,15-16H2,(H,29,31)/t20-,22+,23-/m1/s1. The molecule has 0 unspecified atom stereocenters. The van der Waals surface area contributed by atoms with Crippen LogP contribution in [-0.4, -0.2) is 39.8 Å². The topological polar surface area (TPSA) is 62.3 Å². The number of nitrogens with one attached hydrogen (secondary N) is 1. The Morgan fingerprint density at radius 3 is 2.75 bits per heavy atom. The SMILES string of the molecule is O=C1CCCC[C@@H]2[C@H](C[C@@H](Cc3ccc(F)cc3)N2C(=O)c2cccc3cccnc23)N1. The molecule has 2 aliphatic rings. The first kappa shape index (κ1) is 20.6. The Kier molecular flexibility index (Phi) is 5.60. The fourth-order valence-corrected chi connectivity index (χ4v) is 5.25. The van der Waals surface area contributed by atoms with Crippen molar-refractivity contribution >= 4 is 22.7 Å². The molecule has 32 heavy (non-hydrogen) atoms. The molecule has 2 aliphatic heterocycles. The summed E-state index contributed by atoms with van der Waals surface area (Å²) < 4.78 is 13.4. The molecule has 3 heterocycles. The fraction of sp³-hybridized carbons (Fsp3) is 0.346. The second kappa shape index (κ2) is 8.69. The summed E-state index contributed by atoms with van der Waals surface area (Å²) >= 11 is 0. The van der Waals surface area contributed by atoms with Crippen molar-refractivity contribution in [3.8, 4) is 0 Å². The zero-order valence-electron chi connectivity index (χ0n) is 17.8. The molecule has 1 aromatic heterocycles. The highest BCUT2D eigenvalue weighted by Crippen LogP contribution is 2.34. The molecule has 5 nitrogen and oxygen atoms in total. The molecule has 1 N–H and O–H groups in total. The van der Waals surface area contributed by atoms with Gasteiger partial charge in [0.2, 0.25) is 5.91 Å². The van der Waals surface area contributed by atoms with E-state index in [4.69, 9.17) is 0 Å². The average molecular weight is 432 g/mol. The van der Waals surface area contributed by atoms with E-state index in [9.17, 15) is 14.0 Å². The number of fused-ring (bicyclic) bond motifs is 2. The Bertz CT molecular complexity index is 1140. The van der Waals surface area contributed by atoms with E-state index in [-0.39, 0.29) is 35.8 Å². The molecule has 3 aromatic rings. The molecule has 0 saturated carbocycles. The number of para-hydroxylation sites is 1. The Morgan fingerprint density at radius 2 is 1.91 bits per heavy atom. The number of nitrogens with zero attached hydrogens (tertiary/aromatic N) is 2. The molecule has 0 radical (unpaired) electrons. The Balaban J connectivity index is 1.53. The highest BCUT2D eigenvalue weighted by molar-refractivity contribution is 6.05. The predicted octanol–water partition coefficient (Wildman–Crippen LogP) is 4.26. The molecule has 2 amide bonds. The maximum Gasteiger partial charge on any atom is 0.256 e. The van der Waals surface area contributed by atoms with Gasteiger partial charge < -0.3 is 10.2 Å². The average Bonchev–Trinajstić information content (AvgIpc) is 3.11. The van der Waals surface area contributed by atoms with Crippen LogP contribution in [0.4, 0.5) is 4.39 Å². The summed E-state index contributed by atoms with van der Waals surface area (Å²) in [7, 11) is 0. The third-order valence-electron chi connectivity index (χ3n) is 6.72. The maximum atomic E-state index is 14.0. The zero-order valence-corrected chi connectivity index (χ0v) is 17.8. The molecule has 2 aromatic carbocycles. The van der Waals surface area contributed by atoms with Crippen LogP contribution in [0.25, 0.3) is 10.9 Å². The number of benzene rings is 2. The lowest BCUT2D eigenvalue weighted by atomic mass is 9.97. The minimum absolute atomic E-state index is 0.0521. The van der Waals surface area contributed by atoms with Crippen molar-refractivity contribution in [2.45, 2.75) is 56.7 Å². The molecule has 0 bridgehead atoms. The lowest BCUT2D eigenvalue weighted by molar-refractivity contribution is -0.122. The number of rotatable bonds is 3. The lowest BCUT2D eigenvalue weighted by Crippen LogP contribution is -2.49. The molecule has 5 rings (SSSR count). The van der Waals surface area contributed by atoms with Crippen LogP contribution in [0.15, 0.2) is 60.8 Å². The van der Waals surface area contributed by atoms with Gasteiger partial charge in [-0.1, -0.05) is 36.8 Å². The number of likely N-dealkylation sites (tertiary alicyclic amines) is 1. The van der Waals surface area contributed by atoms with Gasteiger partial charge in [-0.15, -0.1) is 0 Å². The molecule has 6 heteroatoms. The molecule has 3 atom stereocenters. The van der Waals surface area contributed by atoms with Gasteiger partial charge >= 0.3 is 0 Å². The second-order valence-electron chi connectivity index (χ2n) is 8.80. The van der Waals surface area contributed by atoms with Crippen molar-refractivity contribution in [2.24, 2.45) is 0 Å². The number of carbonyl (C=O) groups excluding carboxylic acids is 2. The van der Waals surface area contributed by atoms with Crippen molar-refractivity contribution in [3.63, 3.8) is 0 Å². The molecule has 164 valence electrons. The van der Waals surface area contributed by atoms with Crippen molar-refractivity contribution in [3.05, 3.63) is 77.7 Å². The van der Waals surface area contributed by atoms with E-state index in [0.29, 0.717) is 30.3 Å². The molecule has 2 saturated heterocycles. The van der Waals surface area contributed by atoms with Crippen molar-refractivity contribution in [2.75, 3.05) is 0 Å². The molecule has 0 aliphatic carbocycles. The van der Waals surface area contributed by atoms with Crippen LogP contribution < -0.4 is 5.32 Å². The summed E-state index contributed by atoms with van der Waals surface area (Å²) in [6, 6.07) is 15.7. The van der Waals surface area contributed by atoms with Gasteiger partial charge in [-0.25, -0.2) is 4.39 Å². The van der Waals surface area contributed by atoms with Gasteiger partial charge in [-0.2, -0.15) is 0 Å². The van der Waals surface area contributed by atoms with Crippen LogP contribution in [0.2, 0.25) is 0 Å². The summed E-state index contributed by atoms with van der Waals surface area (Å²) in [5.74, 6) is -0.270. The van der Waals surface area contributed by atoms with Crippen LogP contribution in [0.5, 0.6) is 0 Å². The first-order chi connectivity index (χ1) is 15.6. The van der Waals surface area contributed by atoms with Gasteiger partial charge in [0.05, 0.1) is 23.2 Å². The summed E-state index contributed by atoms with van der Waals surface area (Å²) in [6.07, 6.45) is 6.15. The Hall–Kier alpha value is -3.28. The number of amides is 2. The number of hydrogen-bond donors (Lipinski definition) is 1. The predicted molar refractivity (Wildman–Crippen MR) is 121 cm³/mol. The lowest BCUT2D eigenvalue weighted by Gasteiger charge is -2.33. The van der Waals surface area contributed by atoms with E-state index in [1.165, 1.54) is 12.1 Å². The highest BCUT2D eigenvalue weighted by atomic mass is 19.1. The van der Waals surface area contributed by atoms with Gasteiger partial charge in [-0.3, -0.25) is 14.6 Å². The van der Waals surface area contributed by atoms with Crippen molar-refractivity contribution < 1.29 is 14.0 Å². The Morgan fingerprint density at radius 1 is 1.09 bits per heavy atom. The first-order valence-electron chi connectivity index (χ1n) is 11.3. The normalized spacial score (nSPS) is 23.3. The third kappa shape index (κ3) is 3.97. The third-order valence-corrected chi connectivity index (χ3v) is 6.72. The number of halogens is 1. The van der Waals surface area contributed by atoms with Gasteiger partial charge in [-0.05, 0) is 55.5 Å². The summed E-state index contributed by atoms with van der Waals surface area (Å²) in [6.45, 7) is 0. The molecule has 2 fully saturated rings. The minimum atomic E-state index is -0.274. The second-order valence-corrected chi connectivity index (χ2v) is 8.80. The number of hydrogen-bond acceptors (Lipinski definition) is 3. The van der Waals surface area contributed by atoms with E-state index in [0.717, 1.165) is 30.2 Å². The minimum Gasteiger partial charge on any atom is -0.351 e. The molecular formula is C26H26FN3O2. The van der Waals surface area contributed by atoms with Gasteiger partial charge in [0.1, 0.15) is 5.82 Å². The van der Waals surface area contributed by atoms with Crippen LogP contribution in [-0.2, 0) is 11.2 Å². The smallest absolute Gasteiger partial charge is 0.256 e. The van der Waals surface area contributed by atoms with Gasteiger partial charge in [0, 0.05) is 24.0 Å². The summed E-state index contributed by atoms with van der Waals surface area (Å²) in [4.78, 5) is 32.8. The summed E-state index contributed by atoms with van der Waals surface area (Å²) in [5.41, 5.74) is 2.26. The number of pyridine rings is 1. The van der Waals surface area contributed by atoms with E-state index in [1.54, 1.807) is 18.3 Å². The van der Waals surface area contributed by atoms with Gasteiger partial charge in [0.15, 0.2) is 0 Å². The Labute approximate surface area is 186 Å². The largest absolute Gasteiger partial charge is 0.351 e. The van der Waals surface area contributed by atoms with Crippen molar-refractivity contribution in [1.82, 2.24) is 15.2 Å². The van der Waals surface area contributed by atoms with Crippen LogP contribution >= 0.6 is 0 Å². The van der Waals surface area contributed by atoms with Crippen LogP contribution in [0.3, 0.4) is 0 Å². The summed E-state index contributed by atoms with van der Waals surface area (Å²) in [5, 5.41) is 4.10. The molecule has 0 spiro atoms. The number of aromatic nitrogens is 1. The van der Waals surface area contributed by atoms with Gasteiger partial charge in [0.25, 0.3) is 5.91 Å². The highest BCUT2D eigenvalue weighted by Gasteiger charge is 2.45. The fourth-order valence-electron chi connectivity index (χ4n) is 5.25. The number of carbonyl (C=O) groups is 2. The molecular weight excluding hydrogens is 405 g/mol. The zero-order chi connectivity index (χ0) is 22.1. The van der Waals surface area contributed by atoms with Crippen LogP contribution in [0.1, 0.15) is 48.0 Å². The van der Waals surface area contributed by atoms with Crippen LogP contribution in [0, 0.1) is 5.82 Å². The van der Waals surface area contributed by atoms with Crippen molar-refractivity contribution in [1.29, 1.82) is 0 Å². The van der Waals surface area contributed by atoms with E-state index in [1.807, 2.05) is 35.2 Å². The first-order valence-corrected chi connectivity index (χ1v) is 11.3. The van der Waals surface area contributed by atoms with E-state index in [2.05, 4.69) is 10.3 Å². The maximum absolute atomic E-state index is 14.0.